The summed E-state index contributed by atoms with van der Waals surface area (Å²) in [6.07, 6.45) is 0.968. The molecule has 0 bridgehead atoms. The van der Waals surface area contributed by atoms with E-state index in [1.165, 1.54) is 12.1 Å². The molecule has 1 aromatic carbocycles. The predicted octanol–water partition coefficient (Wildman–Crippen LogP) is 0.433. The normalized spacial score (nSPS) is 12.8. The molecule has 6 nitrogen and oxygen atoms in total. The molecular formula is C16H23FN4O2. The Balaban J connectivity index is 2.30. The molecule has 2 rings (SSSR count). The average Bonchev–Trinajstić information content (AvgIpc) is 2.90. The first-order chi connectivity index (χ1) is 11.0. The minimum absolute atomic E-state index is 0.200. The highest BCUT2D eigenvalue weighted by Crippen LogP contribution is 2.23. The number of nitrogens with zero attached hydrogens (tertiary/aromatic N) is 3. The maximum absolute atomic E-state index is 13.1. The van der Waals surface area contributed by atoms with Crippen LogP contribution in [0.5, 0.6) is 0 Å². The van der Waals surface area contributed by atoms with Gasteiger partial charge in [0.05, 0.1) is 24.9 Å². The van der Waals surface area contributed by atoms with Gasteiger partial charge < -0.3 is 20.8 Å². The van der Waals surface area contributed by atoms with Crippen molar-refractivity contribution in [2.45, 2.75) is 19.2 Å². The van der Waals surface area contributed by atoms with Gasteiger partial charge in [-0.1, -0.05) is 0 Å². The largest absolute Gasteiger partial charge is 0.394 e. The Morgan fingerprint density at radius 3 is 2.65 bits per heavy atom. The van der Waals surface area contributed by atoms with Crippen LogP contribution < -0.4 is 5.73 Å². The lowest BCUT2D eigenvalue weighted by Gasteiger charge is -2.15. The molecule has 126 valence electrons. The zero-order valence-corrected chi connectivity index (χ0v) is 13.2. The number of aliphatic hydroxyl groups is 2. The fourth-order valence-electron chi connectivity index (χ4n) is 2.39. The topological polar surface area (TPSA) is 87.5 Å². The molecule has 0 spiro atoms. The summed E-state index contributed by atoms with van der Waals surface area (Å²) in [7, 11) is 1.96. The lowest BCUT2D eigenvalue weighted by atomic mass is 10.1. The second kappa shape index (κ2) is 8.16. The summed E-state index contributed by atoms with van der Waals surface area (Å²) in [5, 5.41) is 23.1. The highest BCUT2D eigenvalue weighted by molar-refractivity contribution is 5.62. The minimum Gasteiger partial charge on any atom is -0.394 e. The highest BCUT2D eigenvalue weighted by Gasteiger charge is 2.14. The molecule has 0 aliphatic heterocycles. The van der Waals surface area contributed by atoms with Crippen LogP contribution in [-0.2, 0) is 13.1 Å². The first-order valence-corrected chi connectivity index (χ1v) is 7.53. The fourth-order valence-corrected chi connectivity index (χ4v) is 2.39. The molecule has 4 N–H and O–H groups in total. The number of benzene rings is 1. The first kappa shape index (κ1) is 17.6. The number of nitrogens with two attached hydrogens (primary N) is 1. The van der Waals surface area contributed by atoms with Gasteiger partial charge >= 0.3 is 0 Å². The summed E-state index contributed by atoms with van der Waals surface area (Å²) >= 11 is 0. The van der Waals surface area contributed by atoms with Crippen molar-refractivity contribution in [2.24, 2.45) is 5.73 Å². The zero-order chi connectivity index (χ0) is 16.8. The number of halogens is 1. The number of hydrogen-bond donors (Lipinski definition) is 3. The van der Waals surface area contributed by atoms with Gasteiger partial charge in [0, 0.05) is 37.0 Å². The van der Waals surface area contributed by atoms with E-state index in [2.05, 4.69) is 10.00 Å². The summed E-state index contributed by atoms with van der Waals surface area (Å²) in [4.78, 5) is 2.07. The van der Waals surface area contributed by atoms with Crippen molar-refractivity contribution in [3.05, 3.63) is 41.8 Å². The average molecular weight is 322 g/mol. The van der Waals surface area contributed by atoms with Gasteiger partial charge in [0.1, 0.15) is 5.82 Å². The lowest BCUT2D eigenvalue weighted by Crippen LogP contribution is -2.25. The highest BCUT2D eigenvalue weighted by atomic mass is 19.1. The van der Waals surface area contributed by atoms with Crippen LogP contribution in [0.2, 0.25) is 0 Å². The molecule has 0 aliphatic rings. The Morgan fingerprint density at radius 1 is 1.35 bits per heavy atom. The van der Waals surface area contributed by atoms with Crippen LogP contribution in [0.15, 0.2) is 30.5 Å². The molecule has 0 amide bonds. The van der Waals surface area contributed by atoms with Crippen LogP contribution in [0.25, 0.3) is 11.3 Å². The van der Waals surface area contributed by atoms with Crippen LogP contribution in [0.1, 0.15) is 5.56 Å². The zero-order valence-electron chi connectivity index (χ0n) is 13.2. The molecule has 1 heterocycles. The predicted molar refractivity (Wildman–Crippen MR) is 86.1 cm³/mol. The summed E-state index contributed by atoms with van der Waals surface area (Å²) in [6.45, 7) is 1.81. The van der Waals surface area contributed by atoms with E-state index in [0.717, 1.165) is 23.4 Å². The van der Waals surface area contributed by atoms with Gasteiger partial charge in [0.2, 0.25) is 0 Å². The van der Waals surface area contributed by atoms with Crippen molar-refractivity contribution >= 4 is 0 Å². The van der Waals surface area contributed by atoms with Gasteiger partial charge in [0.15, 0.2) is 0 Å². The van der Waals surface area contributed by atoms with E-state index in [4.69, 9.17) is 10.8 Å². The van der Waals surface area contributed by atoms with E-state index < -0.39 is 6.10 Å². The fraction of sp³-hybridized carbons (Fsp3) is 0.438. The van der Waals surface area contributed by atoms with Gasteiger partial charge in [-0.15, -0.1) is 0 Å². The smallest absolute Gasteiger partial charge is 0.123 e. The van der Waals surface area contributed by atoms with Crippen molar-refractivity contribution in [1.82, 2.24) is 14.7 Å². The molecule has 0 saturated carbocycles. The van der Waals surface area contributed by atoms with Gasteiger partial charge in [-0.2, -0.15) is 5.10 Å². The summed E-state index contributed by atoms with van der Waals surface area (Å²) in [5.41, 5.74) is 8.07. The van der Waals surface area contributed by atoms with Crippen molar-refractivity contribution in [3.8, 4) is 11.3 Å². The second-order valence-electron chi connectivity index (χ2n) is 5.59. The molecule has 0 aliphatic carbocycles. The molecule has 7 heteroatoms. The van der Waals surface area contributed by atoms with Crippen LogP contribution in [-0.4, -0.2) is 57.7 Å². The van der Waals surface area contributed by atoms with E-state index in [-0.39, 0.29) is 19.0 Å². The third-order valence-electron chi connectivity index (χ3n) is 3.51. The SMILES string of the molecule is CN(CCN)Cc1cn(CC(O)CO)nc1-c1ccc(F)cc1. The van der Waals surface area contributed by atoms with Gasteiger partial charge in [-0.3, -0.25) is 4.68 Å². The first-order valence-electron chi connectivity index (χ1n) is 7.53. The lowest BCUT2D eigenvalue weighted by molar-refractivity contribution is 0.0783. The Labute approximate surface area is 135 Å². The van der Waals surface area contributed by atoms with Crippen LogP contribution in [0, 0.1) is 5.82 Å². The van der Waals surface area contributed by atoms with Gasteiger partial charge in [-0.25, -0.2) is 4.39 Å². The van der Waals surface area contributed by atoms with Crippen LogP contribution >= 0.6 is 0 Å². The van der Waals surface area contributed by atoms with E-state index >= 15 is 0 Å². The van der Waals surface area contributed by atoms with Gasteiger partial charge in [-0.05, 0) is 31.3 Å². The van der Waals surface area contributed by atoms with Crippen LogP contribution in [0.4, 0.5) is 4.39 Å². The standard InChI is InChI=1S/C16H23FN4O2/c1-20(7-6-18)8-13-9-21(10-15(23)11-22)19-16(13)12-2-4-14(17)5-3-12/h2-5,9,15,22-23H,6-8,10-11,18H2,1H3. The molecule has 1 unspecified atom stereocenters. The molecule has 1 aromatic heterocycles. The number of aromatic nitrogens is 2. The Hall–Kier alpha value is -1.80. The number of hydrogen-bond acceptors (Lipinski definition) is 5. The van der Waals surface area contributed by atoms with Crippen molar-refractivity contribution < 1.29 is 14.6 Å². The number of aliphatic hydroxyl groups excluding tert-OH is 2. The van der Waals surface area contributed by atoms with Crippen molar-refractivity contribution in [1.29, 1.82) is 0 Å². The molecule has 23 heavy (non-hydrogen) atoms. The maximum Gasteiger partial charge on any atom is 0.123 e. The minimum atomic E-state index is -0.870. The van der Waals surface area contributed by atoms with Crippen molar-refractivity contribution in [3.63, 3.8) is 0 Å². The monoisotopic (exact) mass is 322 g/mol. The van der Waals surface area contributed by atoms with E-state index in [9.17, 15) is 9.50 Å². The van der Waals surface area contributed by atoms with E-state index in [1.807, 2.05) is 13.2 Å². The molecule has 0 saturated heterocycles. The maximum atomic E-state index is 13.1. The number of likely N-dealkylation sites (N-methyl/N-ethyl adjacent to an activating group) is 1. The Kier molecular flexibility index (Phi) is 6.23. The molecule has 1 atom stereocenters. The number of rotatable bonds is 8. The third-order valence-corrected chi connectivity index (χ3v) is 3.51. The van der Waals surface area contributed by atoms with E-state index in [0.29, 0.717) is 13.1 Å². The van der Waals surface area contributed by atoms with Crippen LogP contribution in [0.3, 0.4) is 0 Å². The Bertz CT molecular complexity index is 615. The van der Waals surface area contributed by atoms with Gasteiger partial charge in [0.25, 0.3) is 0 Å². The quantitative estimate of drug-likeness (QED) is 0.656. The summed E-state index contributed by atoms with van der Waals surface area (Å²) in [5.74, 6) is -0.300. The third kappa shape index (κ3) is 4.84. The second-order valence-corrected chi connectivity index (χ2v) is 5.59. The summed E-state index contributed by atoms with van der Waals surface area (Å²) in [6, 6.07) is 6.14. The molecule has 0 fully saturated rings. The molecule has 2 aromatic rings. The van der Waals surface area contributed by atoms with Crippen molar-refractivity contribution in [2.75, 3.05) is 26.7 Å². The molecule has 0 radical (unpaired) electrons. The Morgan fingerprint density at radius 2 is 2.04 bits per heavy atom. The van der Waals surface area contributed by atoms with E-state index in [1.54, 1.807) is 16.8 Å². The molecular weight excluding hydrogens is 299 g/mol. The summed E-state index contributed by atoms with van der Waals surface area (Å²) < 4.78 is 14.7.